The first kappa shape index (κ1) is 12.3. The Kier molecular flexibility index (Phi) is 3.30. The molecule has 3 heteroatoms. The summed E-state index contributed by atoms with van der Waals surface area (Å²) in [6.07, 6.45) is 2.69. The highest BCUT2D eigenvalue weighted by molar-refractivity contribution is 5.38. The summed E-state index contributed by atoms with van der Waals surface area (Å²) >= 11 is 0. The number of furan rings is 1. The van der Waals surface area contributed by atoms with Crippen molar-refractivity contribution in [2.45, 2.75) is 31.8 Å². The van der Waals surface area contributed by atoms with Gasteiger partial charge in [0, 0.05) is 0 Å². The number of benzene rings is 1. The SMILES string of the molecule is Cc1ccoc1C(O)CC1CCOc2ccccc21. The Balaban J connectivity index is 1.80. The van der Waals surface area contributed by atoms with Crippen LogP contribution in [0.5, 0.6) is 5.75 Å². The van der Waals surface area contributed by atoms with E-state index in [9.17, 15) is 5.11 Å². The lowest BCUT2D eigenvalue weighted by molar-refractivity contribution is 0.121. The topological polar surface area (TPSA) is 42.6 Å². The standard InChI is InChI=1S/C16H18O3/c1-11-6-8-19-16(11)14(17)10-12-7-9-18-15-5-3-2-4-13(12)15/h2-6,8,12,14,17H,7,9-10H2,1H3. The number of hydrogen-bond acceptors (Lipinski definition) is 3. The highest BCUT2D eigenvalue weighted by Crippen LogP contribution is 2.39. The third kappa shape index (κ3) is 2.38. The van der Waals surface area contributed by atoms with E-state index in [4.69, 9.17) is 9.15 Å². The second kappa shape index (κ2) is 5.10. The van der Waals surface area contributed by atoms with E-state index >= 15 is 0 Å². The quantitative estimate of drug-likeness (QED) is 0.915. The zero-order chi connectivity index (χ0) is 13.2. The summed E-state index contributed by atoms with van der Waals surface area (Å²) in [5, 5.41) is 10.3. The van der Waals surface area contributed by atoms with Gasteiger partial charge in [-0.25, -0.2) is 0 Å². The van der Waals surface area contributed by atoms with Crippen LogP contribution in [0.25, 0.3) is 0 Å². The Morgan fingerprint density at radius 2 is 2.16 bits per heavy atom. The van der Waals surface area contributed by atoms with Crippen LogP contribution in [-0.2, 0) is 0 Å². The van der Waals surface area contributed by atoms with Crippen LogP contribution in [-0.4, -0.2) is 11.7 Å². The number of fused-ring (bicyclic) bond motifs is 1. The molecule has 0 saturated carbocycles. The van der Waals surface area contributed by atoms with Gasteiger partial charge < -0.3 is 14.3 Å². The van der Waals surface area contributed by atoms with Gasteiger partial charge in [-0.3, -0.25) is 0 Å². The fraction of sp³-hybridized carbons (Fsp3) is 0.375. The smallest absolute Gasteiger partial charge is 0.135 e. The van der Waals surface area contributed by atoms with Crippen molar-refractivity contribution in [1.82, 2.24) is 0 Å². The summed E-state index contributed by atoms with van der Waals surface area (Å²) in [5.41, 5.74) is 2.20. The highest BCUT2D eigenvalue weighted by Gasteiger charge is 2.25. The zero-order valence-electron chi connectivity index (χ0n) is 11.0. The van der Waals surface area contributed by atoms with Gasteiger partial charge in [0.15, 0.2) is 0 Å². The molecular weight excluding hydrogens is 240 g/mol. The molecule has 3 nitrogen and oxygen atoms in total. The molecule has 0 saturated heterocycles. The van der Waals surface area contributed by atoms with E-state index in [1.165, 1.54) is 5.56 Å². The van der Waals surface area contributed by atoms with E-state index in [0.29, 0.717) is 24.7 Å². The van der Waals surface area contributed by atoms with Gasteiger partial charge in [0.25, 0.3) is 0 Å². The summed E-state index contributed by atoms with van der Waals surface area (Å²) in [6, 6.07) is 9.96. The summed E-state index contributed by atoms with van der Waals surface area (Å²) in [7, 11) is 0. The van der Waals surface area contributed by atoms with Gasteiger partial charge >= 0.3 is 0 Å². The maximum absolute atomic E-state index is 10.3. The Morgan fingerprint density at radius 1 is 1.32 bits per heavy atom. The highest BCUT2D eigenvalue weighted by atomic mass is 16.5. The number of hydrogen-bond donors (Lipinski definition) is 1. The Morgan fingerprint density at radius 3 is 2.95 bits per heavy atom. The van der Waals surface area contributed by atoms with E-state index < -0.39 is 6.10 Å². The van der Waals surface area contributed by atoms with Gasteiger partial charge in [0.05, 0.1) is 12.9 Å². The number of para-hydroxylation sites is 1. The molecule has 3 rings (SSSR count). The first-order chi connectivity index (χ1) is 9.25. The molecule has 2 aromatic rings. The lowest BCUT2D eigenvalue weighted by Gasteiger charge is -2.27. The molecule has 1 aliphatic heterocycles. The Bertz CT molecular complexity index is 559. The van der Waals surface area contributed by atoms with Gasteiger partial charge in [-0.05, 0) is 48.9 Å². The van der Waals surface area contributed by atoms with E-state index in [1.54, 1.807) is 6.26 Å². The normalized spacial score (nSPS) is 19.6. The number of aryl methyl sites for hydroxylation is 1. The fourth-order valence-corrected chi connectivity index (χ4v) is 2.76. The van der Waals surface area contributed by atoms with Crippen molar-refractivity contribution in [2.75, 3.05) is 6.61 Å². The lowest BCUT2D eigenvalue weighted by atomic mass is 9.87. The third-order valence-corrected chi connectivity index (χ3v) is 3.79. The molecule has 2 atom stereocenters. The van der Waals surface area contributed by atoms with Crippen molar-refractivity contribution in [2.24, 2.45) is 0 Å². The minimum absolute atomic E-state index is 0.324. The molecule has 2 unspecified atom stereocenters. The van der Waals surface area contributed by atoms with Gasteiger partial charge in [0.1, 0.15) is 17.6 Å². The summed E-state index contributed by atoms with van der Waals surface area (Å²) < 4.78 is 11.0. The van der Waals surface area contributed by atoms with Gasteiger partial charge in [-0.1, -0.05) is 18.2 Å². The predicted molar refractivity (Wildman–Crippen MR) is 72.3 cm³/mol. The van der Waals surface area contributed by atoms with E-state index in [-0.39, 0.29) is 0 Å². The molecule has 1 aliphatic rings. The van der Waals surface area contributed by atoms with Gasteiger partial charge in [0.2, 0.25) is 0 Å². The predicted octanol–water partition coefficient (Wildman–Crippen LogP) is 3.58. The monoisotopic (exact) mass is 258 g/mol. The van der Waals surface area contributed by atoms with Crippen LogP contribution < -0.4 is 4.74 Å². The first-order valence-corrected chi connectivity index (χ1v) is 6.69. The van der Waals surface area contributed by atoms with Crippen molar-refractivity contribution >= 4 is 0 Å². The number of ether oxygens (including phenoxy) is 1. The van der Waals surface area contributed by atoms with Crippen LogP contribution in [0.2, 0.25) is 0 Å². The maximum Gasteiger partial charge on any atom is 0.135 e. The van der Waals surface area contributed by atoms with Crippen molar-refractivity contribution in [1.29, 1.82) is 0 Å². The molecule has 2 heterocycles. The van der Waals surface area contributed by atoms with Crippen molar-refractivity contribution in [3.63, 3.8) is 0 Å². The molecule has 1 aromatic heterocycles. The summed E-state index contributed by atoms with van der Waals surface area (Å²) in [6.45, 7) is 2.67. The van der Waals surface area contributed by atoms with Crippen LogP contribution >= 0.6 is 0 Å². The molecule has 0 aliphatic carbocycles. The summed E-state index contributed by atoms with van der Waals surface area (Å²) in [5.74, 6) is 1.95. The van der Waals surface area contributed by atoms with Crippen molar-refractivity contribution in [3.05, 3.63) is 53.5 Å². The average Bonchev–Trinajstić information content (AvgIpc) is 2.85. The summed E-state index contributed by atoms with van der Waals surface area (Å²) in [4.78, 5) is 0. The number of aliphatic hydroxyl groups is 1. The molecule has 19 heavy (non-hydrogen) atoms. The maximum atomic E-state index is 10.3. The van der Waals surface area contributed by atoms with Gasteiger partial charge in [-0.15, -0.1) is 0 Å². The molecule has 1 aromatic carbocycles. The third-order valence-electron chi connectivity index (χ3n) is 3.79. The molecule has 1 N–H and O–H groups in total. The van der Waals surface area contributed by atoms with Crippen molar-refractivity contribution in [3.8, 4) is 5.75 Å². The van der Waals surface area contributed by atoms with Crippen LogP contribution in [0.3, 0.4) is 0 Å². The largest absolute Gasteiger partial charge is 0.493 e. The molecule has 0 fully saturated rings. The fourth-order valence-electron chi connectivity index (χ4n) is 2.76. The lowest BCUT2D eigenvalue weighted by Crippen LogP contribution is -2.16. The number of rotatable bonds is 3. The van der Waals surface area contributed by atoms with E-state index in [2.05, 4.69) is 6.07 Å². The molecule has 0 bridgehead atoms. The average molecular weight is 258 g/mol. The van der Waals surface area contributed by atoms with Crippen LogP contribution in [0.1, 0.15) is 41.8 Å². The van der Waals surface area contributed by atoms with E-state index in [0.717, 1.165) is 17.7 Å². The van der Waals surface area contributed by atoms with E-state index in [1.807, 2.05) is 31.2 Å². The second-order valence-corrected chi connectivity index (χ2v) is 5.09. The molecule has 0 radical (unpaired) electrons. The Hall–Kier alpha value is -1.74. The second-order valence-electron chi connectivity index (χ2n) is 5.09. The number of aliphatic hydroxyl groups excluding tert-OH is 1. The van der Waals surface area contributed by atoms with Crippen LogP contribution in [0.15, 0.2) is 41.0 Å². The minimum atomic E-state index is -0.550. The van der Waals surface area contributed by atoms with Gasteiger partial charge in [-0.2, -0.15) is 0 Å². The molecule has 0 amide bonds. The first-order valence-electron chi connectivity index (χ1n) is 6.69. The molecular formula is C16H18O3. The Labute approximate surface area is 112 Å². The van der Waals surface area contributed by atoms with Crippen LogP contribution in [0.4, 0.5) is 0 Å². The zero-order valence-corrected chi connectivity index (χ0v) is 11.0. The van der Waals surface area contributed by atoms with Crippen molar-refractivity contribution < 1.29 is 14.3 Å². The van der Waals surface area contributed by atoms with Crippen LogP contribution in [0, 0.1) is 6.92 Å². The molecule has 0 spiro atoms. The molecule has 100 valence electrons. The minimum Gasteiger partial charge on any atom is -0.493 e.